The third-order valence-electron chi connectivity index (χ3n) is 5.97. The molecule has 32 heavy (non-hydrogen) atoms. The summed E-state index contributed by atoms with van der Waals surface area (Å²) < 4.78 is 11.2. The molecule has 1 aromatic heterocycles. The number of allylic oxidation sites excluding steroid dienone is 2. The number of rotatable bonds is 10. The van der Waals surface area contributed by atoms with Crippen LogP contribution in [0.15, 0.2) is 41.2 Å². The van der Waals surface area contributed by atoms with E-state index >= 15 is 0 Å². The van der Waals surface area contributed by atoms with Crippen molar-refractivity contribution >= 4 is 23.1 Å². The average Bonchev–Trinajstić information content (AvgIpc) is 2.78. The molecule has 0 N–H and O–H groups in total. The van der Waals surface area contributed by atoms with E-state index in [9.17, 15) is 4.79 Å². The molecule has 5 heteroatoms. The maximum Gasteiger partial charge on any atom is 0.188 e. The van der Waals surface area contributed by atoms with Crippen molar-refractivity contribution in [3.05, 3.63) is 64.0 Å². The smallest absolute Gasteiger partial charge is 0.188 e. The van der Waals surface area contributed by atoms with Crippen LogP contribution < -0.4 is 0 Å². The third-order valence-corrected chi connectivity index (χ3v) is 6.95. The van der Waals surface area contributed by atoms with Crippen molar-refractivity contribution in [1.29, 1.82) is 0 Å². The molecule has 0 spiro atoms. The van der Waals surface area contributed by atoms with Gasteiger partial charge in [0.05, 0.1) is 10.6 Å². The van der Waals surface area contributed by atoms with E-state index in [1.807, 2.05) is 13.1 Å². The van der Waals surface area contributed by atoms with Crippen LogP contribution in [-0.2, 0) is 27.1 Å². The second-order valence-electron chi connectivity index (χ2n) is 8.52. The summed E-state index contributed by atoms with van der Waals surface area (Å²) in [6, 6.07) is 8.57. The highest BCUT2D eigenvalue weighted by Gasteiger charge is 2.32. The van der Waals surface area contributed by atoms with Gasteiger partial charge in [-0.25, -0.2) is 4.98 Å². The minimum Gasteiger partial charge on any atom is -0.471 e. The Bertz CT molecular complexity index is 940. The number of thioether (sulfide) groups is 1. The maximum absolute atomic E-state index is 13.5. The van der Waals surface area contributed by atoms with Gasteiger partial charge in [0, 0.05) is 26.1 Å². The Morgan fingerprint density at radius 3 is 2.38 bits per heavy atom. The summed E-state index contributed by atoms with van der Waals surface area (Å²) in [5, 5.41) is 1.03. The number of benzene rings is 1. The number of nitrogens with zero attached hydrogens (tertiary/aromatic N) is 1. The zero-order chi connectivity index (χ0) is 23.1. The van der Waals surface area contributed by atoms with Crippen molar-refractivity contribution in [2.24, 2.45) is 5.92 Å². The van der Waals surface area contributed by atoms with E-state index in [0.717, 1.165) is 53.4 Å². The molecule has 1 aromatic carbocycles. The van der Waals surface area contributed by atoms with Crippen LogP contribution >= 0.6 is 11.8 Å². The molecule has 4 nitrogen and oxygen atoms in total. The SMILES string of the molecule is CCc1cc(C)cc(CC)c1C1=C(OCOC)CC(CCSc2ccc(C)cn2)CC1=O. The van der Waals surface area contributed by atoms with Gasteiger partial charge >= 0.3 is 0 Å². The van der Waals surface area contributed by atoms with E-state index < -0.39 is 0 Å². The van der Waals surface area contributed by atoms with E-state index in [1.165, 1.54) is 22.3 Å². The van der Waals surface area contributed by atoms with Crippen molar-refractivity contribution in [2.75, 3.05) is 19.7 Å². The summed E-state index contributed by atoms with van der Waals surface area (Å²) in [5.74, 6) is 2.20. The lowest BCUT2D eigenvalue weighted by Gasteiger charge is -2.28. The van der Waals surface area contributed by atoms with Crippen LogP contribution in [0.1, 0.15) is 60.9 Å². The number of methoxy groups -OCH3 is 1. The largest absolute Gasteiger partial charge is 0.471 e. The summed E-state index contributed by atoms with van der Waals surface area (Å²) in [4.78, 5) is 17.9. The molecular weight excluding hydrogens is 418 g/mol. The number of hydrogen-bond donors (Lipinski definition) is 0. The van der Waals surface area contributed by atoms with Gasteiger partial charge in [-0.05, 0) is 73.1 Å². The molecule has 3 rings (SSSR count). The lowest BCUT2D eigenvalue weighted by atomic mass is 9.79. The van der Waals surface area contributed by atoms with Gasteiger partial charge in [-0.1, -0.05) is 37.6 Å². The van der Waals surface area contributed by atoms with Gasteiger partial charge in [-0.3, -0.25) is 4.79 Å². The number of ether oxygens (including phenoxy) is 2. The molecule has 2 aromatic rings. The number of Topliss-reactive ketones (excluding diaryl/α,β-unsaturated/α-hetero) is 1. The quantitative estimate of drug-likeness (QED) is 0.311. The van der Waals surface area contributed by atoms with Crippen LogP contribution in [0.25, 0.3) is 5.57 Å². The lowest BCUT2D eigenvalue weighted by Crippen LogP contribution is -2.22. The number of aryl methyl sites for hydroxylation is 4. The monoisotopic (exact) mass is 453 g/mol. The van der Waals surface area contributed by atoms with Crippen molar-refractivity contribution in [3.8, 4) is 0 Å². The highest BCUT2D eigenvalue weighted by atomic mass is 32.2. The number of pyridine rings is 1. The Hall–Kier alpha value is -2.11. The molecule has 172 valence electrons. The van der Waals surface area contributed by atoms with E-state index in [4.69, 9.17) is 9.47 Å². The van der Waals surface area contributed by atoms with Crippen LogP contribution in [-0.4, -0.2) is 30.4 Å². The van der Waals surface area contributed by atoms with E-state index in [0.29, 0.717) is 6.42 Å². The second kappa shape index (κ2) is 11.7. The topological polar surface area (TPSA) is 48.4 Å². The van der Waals surface area contributed by atoms with Crippen molar-refractivity contribution in [1.82, 2.24) is 4.98 Å². The maximum atomic E-state index is 13.5. The number of carbonyl (C=O) groups excluding carboxylic acids is 1. The standard InChI is InChI=1S/C27H35NO3S/c1-6-21-12-19(4)13-22(7-2)26(21)27-23(29)14-20(15-24(27)31-17-30-5)10-11-32-25-9-8-18(3)16-28-25/h8-9,12-13,16,20H,6-7,10-11,14-15,17H2,1-5H3. The third kappa shape index (κ3) is 6.02. The first-order chi connectivity index (χ1) is 15.5. The van der Waals surface area contributed by atoms with E-state index in [-0.39, 0.29) is 18.5 Å². The molecule has 1 unspecified atom stereocenters. The first kappa shape index (κ1) is 24.5. The summed E-state index contributed by atoms with van der Waals surface area (Å²) in [6.45, 7) is 8.64. The van der Waals surface area contributed by atoms with Gasteiger partial charge < -0.3 is 9.47 Å². The molecule has 1 atom stereocenters. The van der Waals surface area contributed by atoms with Crippen LogP contribution in [0.5, 0.6) is 0 Å². The van der Waals surface area contributed by atoms with Gasteiger partial charge in [0.15, 0.2) is 12.6 Å². The summed E-state index contributed by atoms with van der Waals surface area (Å²) in [6.07, 6.45) is 5.97. The fraction of sp³-hybridized carbons (Fsp3) is 0.481. The zero-order valence-corrected chi connectivity index (χ0v) is 20.8. The first-order valence-electron chi connectivity index (χ1n) is 11.5. The Morgan fingerprint density at radius 1 is 1.06 bits per heavy atom. The second-order valence-corrected chi connectivity index (χ2v) is 9.64. The zero-order valence-electron chi connectivity index (χ0n) is 20.0. The Morgan fingerprint density at radius 2 is 1.78 bits per heavy atom. The first-order valence-corrected chi connectivity index (χ1v) is 12.5. The fourth-order valence-electron chi connectivity index (χ4n) is 4.39. The van der Waals surface area contributed by atoms with Crippen LogP contribution in [0.2, 0.25) is 0 Å². The van der Waals surface area contributed by atoms with Gasteiger partial charge in [0.1, 0.15) is 5.76 Å². The normalized spacial score (nSPS) is 16.5. The van der Waals surface area contributed by atoms with Gasteiger partial charge in [-0.15, -0.1) is 11.8 Å². The van der Waals surface area contributed by atoms with Crippen molar-refractivity contribution in [2.45, 2.75) is 64.8 Å². The molecule has 0 fully saturated rings. The van der Waals surface area contributed by atoms with Crippen molar-refractivity contribution in [3.63, 3.8) is 0 Å². The van der Waals surface area contributed by atoms with Crippen LogP contribution in [0, 0.1) is 19.8 Å². The molecule has 0 radical (unpaired) electrons. The highest BCUT2D eigenvalue weighted by molar-refractivity contribution is 7.99. The van der Waals surface area contributed by atoms with Crippen LogP contribution in [0.3, 0.4) is 0 Å². The van der Waals surface area contributed by atoms with Crippen LogP contribution in [0.4, 0.5) is 0 Å². The summed E-state index contributed by atoms with van der Waals surface area (Å²) >= 11 is 1.75. The molecule has 1 aliphatic carbocycles. The number of hydrogen-bond acceptors (Lipinski definition) is 5. The predicted octanol–water partition coefficient (Wildman–Crippen LogP) is 6.32. The molecule has 1 aliphatic rings. The molecule has 0 amide bonds. The predicted molar refractivity (Wildman–Crippen MR) is 132 cm³/mol. The Labute approximate surface area is 196 Å². The minimum absolute atomic E-state index is 0.162. The van der Waals surface area contributed by atoms with Gasteiger partial charge in [-0.2, -0.15) is 0 Å². The number of aromatic nitrogens is 1. The van der Waals surface area contributed by atoms with Gasteiger partial charge in [0.25, 0.3) is 0 Å². The van der Waals surface area contributed by atoms with E-state index in [2.05, 4.69) is 50.0 Å². The number of ketones is 1. The molecule has 1 heterocycles. The molecule has 0 bridgehead atoms. The van der Waals surface area contributed by atoms with Crippen molar-refractivity contribution < 1.29 is 14.3 Å². The average molecular weight is 454 g/mol. The Balaban J connectivity index is 1.84. The number of carbonyl (C=O) groups is 1. The van der Waals surface area contributed by atoms with Gasteiger partial charge in [0.2, 0.25) is 0 Å². The summed E-state index contributed by atoms with van der Waals surface area (Å²) in [5.41, 5.74) is 6.73. The molecule has 0 saturated carbocycles. The van der Waals surface area contributed by atoms with E-state index in [1.54, 1.807) is 18.9 Å². The molecule has 0 aliphatic heterocycles. The lowest BCUT2D eigenvalue weighted by molar-refractivity contribution is -0.115. The minimum atomic E-state index is 0.162. The fourth-order valence-corrected chi connectivity index (χ4v) is 5.34. The highest BCUT2D eigenvalue weighted by Crippen LogP contribution is 2.39. The Kier molecular flexibility index (Phi) is 8.94. The molecular formula is C27H35NO3S. The molecule has 0 saturated heterocycles. The summed E-state index contributed by atoms with van der Waals surface area (Å²) in [7, 11) is 1.62.